The average molecular weight is 121 g/mol. The molecule has 7 heavy (non-hydrogen) atoms. The summed E-state index contributed by atoms with van der Waals surface area (Å²) in [4.78, 5) is 9.61. The molecule has 0 aromatic heterocycles. The molecule has 0 aromatic carbocycles. The van der Waals surface area contributed by atoms with E-state index in [1.54, 1.807) is 0 Å². The van der Waals surface area contributed by atoms with E-state index in [0.717, 1.165) is 0 Å². The van der Waals surface area contributed by atoms with Crippen LogP contribution in [0.2, 0.25) is 0 Å². The predicted octanol–water partition coefficient (Wildman–Crippen LogP) is 0.540. The third-order valence-corrected chi connectivity index (χ3v) is 0.770. The van der Waals surface area contributed by atoms with Crippen LogP contribution >= 0.6 is 12.0 Å². The van der Waals surface area contributed by atoms with Crippen molar-refractivity contribution in [2.45, 2.75) is 6.42 Å². The highest BCUT2D eigenvalue weighted by Gasteiger charge is 1.93. The van der Waals surface area contributed by atoms with Crippen molar-refractivity contribution in [3.05, 3.63) is 0 Å². The Morgan fingerprint density at radius 1 is 1.71 bits per heavy atom. The maximum absolute atomic E-state index is 9.61. The smallest absolute Gasteiger partial charge is 0.304 e. The van der Waals surface area contributed by atoms with Crippen molar-refractivity contribution in [3.8, 4) is 0 Å². The second-order valence-electron chi connectivity index (χ2n) is 0.966. The van der Waals surface area contributed by atoms with Gasteiger partial charge in [0.05, 0.1) is 6.42 Å². The molecule has 1 N–H and O–H groups in total. The summed E-state index contributed by atoms with van der Waals surface area (Å²) in [6.07, 6.45) is -0.0336. The summed E-state index contributed by atoms with van der Waals surface area (Å²) in [5, 5.41) is 7.89. The first-order valence-corrected chi connectivity index (χ1v) is 2.65. The minimum absolute atomic E-state index is 0.0336. The summed E-state index contributed by atoms with van der Waals surface area (Å²) < 4.78 is 9.49. The van der Waals surface area contributed by atoms with Gasteiger partial charge in [0.2, 0.25) is 0 Å². The van der Waals surface area contributed by atoms with Gasteiger partial charge in [0, 0.05) is 17.8 Å². The molecule has 1 radical (unpaired) electrons. The van der Waals surface area contributed by atoms with Gasteiger partial charge in [0.25, 0.3) is 0 Å². The first-order valence-electron chi connectivity index (χ1n) is 1.74. The highest BCUT2D eigenvalue weighted by molar-refractivity contribution is 7.93. The number of hydrogen-bond donors (Lipinski definition) is 1. The molecule has 0 spiro atoms. The monoisotopic (exact) mass is 121 g/mol. The van der Waals surface area contributed by atoms with Crippen LogP contribution in [0.4, 0.5) is 0 Å². The summed E-state index contributed by atoms with van der Waals surface area (Å²) in [5.41, 5.74) is 0. The van der Waals surface area contributed by atoms with Crippen molar-refractivity contribution < 1.29 is 14.5 Å². The fourth-order valence-electron chi connectivity index (χ4n) is 0.129. The van der Waals surface area contributed by atoms with Crippen LogP contribution < -0.4 is 0 Å². The van der Waals surface area contributed by atoms with Crippen molar-refractivity contribution in [3.63, 3.8) is 0 Å². The Balaban J connectivity index is 2.82. The normalized spacial score (nSPS) is 8.71. The molecule has 0 bridgehead atoms. The zero-order valence-electron chi connectivity index (χ0n) is 3.59. The lowest BCUT2D eigenvalue weighted by Crippen LogP contribution is -1.94. The maximum Gasteiger partial charge on any atom is 0.304 e. The van der Waals surface area contributed by atoms with Crippen LogP contribution in [0.5, 0.6) is 0 Å². The zero-order chi connectivity index (χ0) is 5.70. The highest BCUT2D eigenvalue weighted by atomic mass is 32.2. The quantitative estimate of drug-likeness (QED) is 0.554. The van der Waals surface area contributed by atoms with Crippen LogP contribution in [-0.2, 0) is 9.35 Å². The van der Waals surface area contributed by atoms with Crippen LogP contribution in [0, 0.1) is 0 Å². The molecule has 0 aromatic rings. The van der Waals surface area contributed by atoms with E-state index in [2.05, 4.69) is 0 Å². The molecule has 0 aliphatic rings. The van der Waals surface area contributed by atoms with Crippen molar-refractivity contribution in [1.29, 1.82) is 0 Å². The summed E-state index contributed by atoms with van der Waals surface area (Å²) in [5.74, 6) is -0.752. The van der Waals surface area contributed by atoms with Crippen molar-refractivity contribution in [2.75, 3.05) is 5.75 Å². The number of carboxylic acid groups (broad SMARTS) is 1. The molecule has 0 amide bonds. The van der Waals surface area contributed by atoms with E-state index in [4.69, 9.17) is 5.11 Å². The molecular weight excluding hydrogens is 116 g/mol. The number of aliphatic carboxylic acids is 1. The molecule has 0 atom stereocenters. The minimum atomic E-state index is -0.914. The second kappa shape index (κ2) is 3.95. The Labute approximate surface area is 45.6 Å². The van der Waals surface area contributed by atoms with Gasteiger partial charge in [-0.15, -0.1) is 0 Å². The summed E-state index contributed by atoms with van der Waals surface area (Å²) in [6, 6.07) is 0. The lowest BCUT2D eigenvalue weighted by molar-refractivity contribution is -0.136. The van der Waals surface area contributed by atoms with E-state index in [9.17, 15) is 9.35 Å². The number of carbonyl (C=O) groups is 1. The summed E-state index contributed by atoms with van der Waals surface area (Å²) in [6.45, 7) is 0. The van der Waals surface area contributed by atoms with Gasteiger partial charge in [-0.3, -0.25) is 4.79 Å². The molecule has 0 saturated carbocycles. The third-order valence-electron chi connectivity index (χ3n) is 0.399. The first-order chi connectivity index (χ1) is 3.27. The van der Waals surface area contributed by atoms with Crippen molar-refractivity contribution in [1.82, 2.24) is 0 Å². The van der Waals surface area contributed by atoms with E-state index >= 15 is 0 Å². The van der Waals surface area contributed by atoms with Gasteiger partial charge in [0.15, 0.2) is 0 Å². The molecule has 3 nitrogen and oxygen atoms in total. The molecule has 0 aliphatic heterocycles. The Bertz CT molecular complexity index is 63.2. The van der Waals surface area contributed by atoms with Gasteiger partial charge in [-0.1, -0.05) is 0 Å². The van der Waals surface area contributed by atoms with E-state index in [0.29, 0.717) is 12.0 Å². The van der Waals surface area contributed by atoms with Gasteiger partial charge < -0.3 is 5.11 Å². The summed E-state index contributed by atoms with van der Waals surface area (Å²) >= 11 is 0.299. The van der Waals surface area contributed by atoms with E-state index in [1.165, 1.54) is 0 Å². The molecular formula is C3H5O3S. The maximum atomic E-state index is 9.61. The largest absolute Gasteiger partial charge is 0.481 e. The number of rotatable bonds is 3. The average Bonchev–Trinajstić information content (AvgIpc) is 1.61. The van der Waals surface area contributed by atoms with Crippen molar-refractivity contribution >= 4 is 18.0 Å². The Morgan fingerprint density at radius 2 is 2.29 bits per heavy atom. The third kappa shape index (κ3) is 5.78. The molecule has 0 heterocycles. The number of hydrogen-bond acceptors (Lipinski definition) is 2. The van der Waals surface area contributed by atoms with Crippen LogP contribution in [0.15, 0.2) is 0 Å². The SMILES string of the molecule is [O]SCCC(=O)O. The molecule has 0 fully saturated rings. The minimum Gasteiger partial charge on any atom is -0.481 e. The Kier molecular flexibility index (Phi) is 3.83. The predicted molar refractivity (Wildman–Crippen MR) is 25.4 cm³/mol. The topological polar surface area (TPSA) is 57.2 Å². The first kappa shape index (κ1) is 6.78. The van der Waals surface area contributed by atoms with Crippen LogP contribution in [0.25, 0.3) is 0 Å². The van der Waals surface area contributed by atoms with Gasteiger partial charge in [-0.25, -0.2) is 0 Å². The zero-order valence-corrected chi connectivity index (χ0v) is 4.40. The van der Waals surface area contributed by atoms with E-state index in [-0.39, 0.29) is 12.2 Å². The molecule has 4 heteroatoms. The standard InChI is InChI=1S/C3H5O3S/c4-3(5)1-2-7-6/h1-2H2,(H,4,5). The summed E-state index contributed by atoms with van der Waals surface area (Å²) in [7, 11) is 0. The lowest BCUT2D eigenvalue weighted by Gasteiger charge is -1.82. The Morgan fingerprint density at radius 3 is 2.43 bits per heavy atom. The van der Waals surface area contributed by atoms with Gasteiger partial charge >= 0.3 is 5.97 Å². The second-order valence-corrected chi connectivity index (χ2v) is 1.61. The molecule has 0 unspecified atom stereocenters. The van der Waals surface area contributed by atoms with E-state index < -0.39 is 5.97 Å². The molecule has 0 aliphatic carbocycles. The van der Waals surface area contributed by atoms with Crippen LogP contribution in [0.1, 0.15) is 6.42 Å². The Hall–Kier alpha value is -0.220. The van der Waals surface area contributed by atoms with Crippen LogP contribution in [-0.4, -0.2) is 16.8 Å². The van der Waals surface area contributed by atoms with Gasteiger partial charge in [0.1, 0.15) is 0 Å². The molecule has 41 valence electrons. The van der Waals surface area contributed by atoms with Crippen LogP contribution in [0.3, 0.4) is 0 Å². The highest BCUT2D eigenvalue weighted by Crippen LogP contribution is 1.94. The van der Waals surface area contributed by atoms with Crippen molar-refractivity contribution in [2.24, 2.45) is 0 Å². The number of carboxylic acids is 1. The van der Waals surface area contributed by atoms with E-state index in [1.807, 2.05) is 0 Å². The lowest BCUT2D eigenvalue weighted by atomic mass is 10.5. The molecule has 0 rings (SSSR count). The molecule has 0 saturated heterocycles. The van der Waals surface area contributed by atoms with Gasteiger partial charge in [-0.2, -0.15) is 4.55 Å². The fourth-order valence-corrected chi connectivity index (χ4v) is 0.387. The van der Waals surface area contributed by atoms with Gasteiger partial charge in [-0.05, 0) is 0 Å². The fraction of sp³-hybridized carbons (Fsp3) is 0.667.